The van der Waals surface area contributed by atoms with Crippen molar-refractivity contribution >= 4 is 17.5 Å². The number of oxime groups is 1. The minimum atomic E-state index is -0.135. The maximum atomic E-state index is 10.7. The third kappa shape index (κ3) is 7.91. The molecule has 0 aromatic rings. The summed E-state index contributed by atoms with van der Waals surface area (Å²) >= 11 is 0. The van der Waals surface area contributed by atoms with Gasteiger partial charge in [0.05, 0.1) is 24.7 Å². The number of rotatable bonds is 9. The van der Waals surface area contributed by atoms with Gasteiger partial charge in [0, 0.05) is 6.92 Å². The summed E-state index contributed by atoms with van der Waals surface area (Å²) in [5.41, 5.74) is 6.06. The molecule has 3 N–H and O–H groups in total. The lowest BCUT2D eigenvalue weighted by atomic mass is 10.2. The molecule has 1 amide bonds. The summed E-state index contributed by atoms with van der Waals surface area (Å²) < 4.78 is 5.26. The van der Waals surface area contributed by atoms with E-state index in [1.807, 2.05) is 6.92 Å². The Kier molecular flexibility index (Phi) is 8.49. The van der Waals surface area contributed by atoms with Crippen LogP contribution in [0.1, 0.15) is 20.8 Å². The molecule has 0 aromatic carbocycles. The molecule has 0 atom stereocenters. The van der Waals surface area contributed by atoms with Crippen LogP contribution in [0.25, 0.3) is 0 Å². The largest absolute Gasteiger partial charge is 0.492 e. The maximum absolute atomic E-state index is 10.7. The van der Waals surface area contributed by atoms with Crippen molar-refractivity contribution in [2.24, 2.45) is 15.9 Å². The van der Waals surface area contributed by atoms with Crippen molar-refractivity contribution in [1.82, 2.24) is 5.32 Å². The van der Waals surface area contributed by atoms with E-state index >= 15 is 0 Å². The number of ether oxygens (including phenoxy) is 1. The van der Waals surface area contributed by atoms with Gasteiger partial charge in [-0.1, -0.05) is 18.3 Å². The monoisotopic (exact) mass is 282 g/mol. The van der Waals surface area contributed by atoms with Crippen LogP contribution in [0.5, 0.6) is 0 Å². The molecule has 0 rings (SSSR count). The van der Waals surface area contributed by atoms with Gasteiger partial charge >= 0.3 is 0 Å². The van der Waals surface area contributed by atoms with Crippen molar-refractivity contribution in [2.75, 3.05) is 19.8 Å². The Bertz CT molecular complexity index is 423. The molecule has 0 aliphatic carbocycles. The van der Waals surface area contributed by atoms with Crippen molar-refractivity contribution < 1.29 is 14.4 Å². The second-order valence-electron chi connectivity index (χ2n) is 3.81. The molecule has 0 bridgehead atoms. The zero-order valence-electron chi connectivity index (χ0n) is 12.2. The molecule has 0 heterocycles. The zero-order chi connectivity index (χ0) is 15.5. The van der Waals surface area contributed by atoms with Gasteiger partial charge in [-0.15, -0.1) is 0 Å². The summed E-state index contributed by atoms with van der Waals surface area (Å²) in [5, 5.41) is 6.45. The number of hydrogen-bond donors (Lipinski definition) is 2. The summed E-state index contributed by atoms with van der Waals surface area (Å²) in [5.74, 6) is 0.497. The number of nitrogens with two attached hydrogens (primary N) is 1. The molecular formula is C13H22N4O3. The molecule has 0 spiro atoms. The van der Waals surface area contributed by atoms with E-state index < -0.39 is 0 Å². The van der Waals surface area contributed by atoms with Crippen LogP contribution in [0.2, 0.25) is 0 Å². The van der Waals surface area contributed by atoms with Crippen molar-refractivity contribution in [2.45, 2.75) is 20.8 Å². The number of aliphatic imine (C=N–C) groups is 1. The summed E-state index contributed by atoms with van der Waals surface area (Å²) in [6.45, 7) is 13.3. The SMILES string of the molecule is C=C(N=C(C)N)/C(=N/OCCNC(C)=O)C(=C)OCC. The topological polar surface area (TPSA) is 98.3 Å². The first-order valence-corrected chi connectivity index (χ1v) is 6.15. The number of nitrogens with zero attached hydrogens (tertiary/aromatic N) is 2. The van der Waals surface area contributed by atoms with Crippen molar-refractivity contribution in [3.8, 4) is 0 Å². The van der Waals surface area contributed by atoms with Crippen LogP contribution in [-0.2, 0) is 14.4 Å². The van der Waals surface area contributed by atoms with E-state index in [2.05, 4.69) is 28.6 Å². The predicted molar refractivity (Wildman–Crippen MR) is 79.3 cm³/mol. The minimum absolute atomic E-state index is 0.135. The fraction of sp³-hybridized carbons (Fsp3) is 0.462. The molecule has 0 aliphatic heterocycles. The minimum Gasteiger partial charge on any atom is -0.492 e. The second kappa shape index (κ2) is 9.60. The van der Waals surface area contributed by atoms with E-state index in [1.165, 1.54) is 6.92 Å². The lowest BCUT2D eigenvalue weighted by Crippen LogP contribution is -2.24. The second-order valence-corrected chi connectivity index (χ2v) is 3.81. The highest BCUT2D eigenvalue weighted by Crippen LogP contribution is 2.08. The Balaban J connectivity index is 4.67. The van der Waals surface area contributed by atoms with Gasteiger partial charge < -0.3 is 20.6 Å². The number of amidine groups is 1. The average molecular weight is 282 g/mol. The Hall–Kier alpha value is -2.31. The molecule has 0 unspecified atom stereocenters. The van der Waals surface area contributed by atoms with Crippen LogP contribution in [0.3, 0.4) is 0 Å². The fourth-order valence-electron chi connectivity index (χ4n) is 1.16. The van der Waals surface area contributed by atoms with E-state index in [0.29, 0.717) is 30.4 Å². The first kappa shape index (κ1) is 17.7. The van der Waals surface area contributed by atoms with E-state index in [1.54, 1.807) is 6.92 Å². The smallest absolute Gasteiger partial charge is 0.216 e. The Morgan fingerprint density at radius 3 is 2.50 bits per heavy atom. The number of hydrogen-bond acceptors (Lipinski definition) is 5. The molecule has 0 aliphatic rings. The number of nitrogens with one attached hydrogen (secondary N) is 1. The lowest BCUT2D eigenvalue weighted by Gasteiger charge is -2.10. The van der Waals surface area contributed by atoms with Gasteiger partial charge in [-0.05, 0) is 13.8 Å². The van der Waals surface area contributed by atoms with Gasteiger partial charge in [-0.2, -0.15) is 0 Å². The van der Waals surface area contributed by atoms with Crippen molar-refractivity contribution in [3.05, 3.63) is 24.6 Å². The molecule has 20 heavy (non-hydrogen) atoms. The zero-order valence-corrected chi connectivity index (χ0v) is 12.2. The Morgan fingerprint density at radius 2 is 2.00 bits per heavy atom. The van der Waals surface area contributed by atoms with E-state index in [-0.39, 0.29) is 18.2 Å². The lowest BCUT2D eigenvalue weighted by molar-refractivity contribution is -0.119. The van der Waals surface area contributed by atoms with Crippen LogP contribution in [0, 0.1) is 0 Å². The fourth-order valence-corrected chi connectivity index (χ4v) is 1.16. The predicted octanol–water partition coefficient (Wildman–Crippen LogP) is 0.936. The van der Waals surface area contributed by atoms with E-state index in [4.69, 9.17) is 15.3 Å². The number of amides is 1. The van der Waals surface area contributed by atoms with Gasteiger partial charge in [0.15, 0.2) is 5.71 Å². The van der Waals surface area contributed by atoms with Crippen molar-refractivity contribution in [3.63, 3.8) is 0 Å². The van der Waals surface area contributed by atoms with Gasteiger partial charge in [-0.25, -0.2) is 4.99 Å². The summed E-state index contributed by atoms with van der Waals surface area (Å²) in [7, 11) is 0. The Labute approximate surface area is 119 Å². The van der Waals surface area contributed by atoms with Gasteiger partial charge in [0.1, 0.15) is 12.4 Å². The van der Waals surface area contributed by atoms with Gasteiger partial charge in [0.25, 0.3) is 0 Å². The molecule has 0 saturated carbocycles. The number of carbonyl (C=O) groups is 1. The first-order chi connectivity index (χ1) is 9.38. The average Bonchev–Trinajstić information content (AvgIpc) is 2.32. The first-order valence-electron chi connectivity index (χ1n) is 6.15. The molecule has 0 radical (unpaired) electrons. The molecule has 0 aromatic heterocycles. The van der Waals surface area contributed by atoms with Crippen LogP contribution >= 0.6 is 0 Å². The van der Waals surface area contributed by atoms with Gasteiger partial charge in [-0.3, -0.25) is 4.79 Å². The highest BCUT2D eigenvalue weighted by Gasteiger charge is 2.11. The summed E-state index contributed by atoms with van der Waals surface area (Å²) in [4.78, 5) is 19.7. The highest BCUT2D eigenvalue weighted by atomic mass is 16.6. The van der Waals surface area contributed by atoms with E-state index in [0.717, 1.165) is 0 Å². The van der Waals surface area contributed by atoms with Crippen molar-refractivity contribution in [1.29, 1.82) is 0 Å². The molecule has 0 saturated heterocycles. The quantitative estimate of drug-likeness (QED) is 0.216. The molecular weight excluding hydrogens is 260 g/mol. The highest BCUT2D eigenvalue weighted by molar-refractivity contribution is 6.10. The third-order valence-electron chi connectivity index (χ3n) is 1.89. The van der Waals surface area contributed by atoms with Crippen LogP contribution < -0.4 is 11.1 Å². The van der Waals surface area contributed by atoms with Gasteiger partial charge in [0.2, 0.25) is 5.91 Å². The third-order valence-corrected chi connectivity index (χ3v) is 1.89. The molecule has 7 heteroatoms. The molecule has 0 fully saturated rings. The van der Waals surface area contributed by atoms with Crippen LogP contribution in [-0.4, -0.2) is 37.2 Å². The Morgan fingerprint density at radius 1 is 1.35 bits per heavy atom. The van der Waals surface area contributed by atoms with E-state index in [9.17, 15) is 4.79 Å². The van der Waals surface area contributed by atoms with Crippen LogP contribution in [0.15, 0.2) is 34.8 Å². The standard InChI is InChI=1S/C13H22N4O3/c1-6-19-10(3)13(9(2)16-11(4)14)17-20-8-7-15-12(5)18/h2-3,6-8H2,1,4-5H3,(H2,14,16)(H,15,18)/b17-13-. The summed E-state index contributed by atoms with van der Waals surface area (Å²) in [6.07, 6.45) is 0. The normalized spacial score (nSPS) is 11.8. The maximum Gasteiger partial charge on any atom is 0.216 e. The summed E-state index contributed by atoms with van der Waals surface area (Å²) in [6, 6.07) is 0. The molecule has 112 valence electrons. The van der Waals surface area contributed by atoms with Crippen LogP contribution in [0.4, 0.5) is 0 Å². The number of carbonyl (C=O) groups excluding carboxylic acids is 1. The molecule has 7 nitrogen and oxygen atoms in total.